The van der Waals surface area contributed by atoms with Crippen LogP contribution in [0.1, 0.15) is 38.2 Å². The molecule has 0 N–H and O–H groups in total. The number of nitrogens with zero attached hydrogens (tertiary/aromatic N) is 1. The number of methoxy groups -OCH3 is 1. The Morgan fingerprint density at radius 1 is 1.41 bits per heavy atom. The minimum Gasteiger partial charge on any atom is -0.493 e. The van der Waals surface area contributed by atoms with E-state index in [0.29, 0.717) is 33.9 Å². The van der Waals surface area contributed by atoms with Gasteiger partial charge >= 0.3 is 0 Å². The fourth-order valence-corrected chi connectivity index (χ4v) is 4.30. The van der Waals surface area contributed by atoms with Crippen LogP contribution < -0.4 is 9.47 Å². The van der Waals surface area contributed by atoms with E-state index in [0.717, 1.165) is 37.9 Å². The molecule has 0 aromatic heterocycles. The monoisotopic (exact) mass is 407 g/mol. The van der Waals surface area contributed by atoms with Crippen LogP contribution in [-0.4, -0.2) is 48.1 Å². The van der Waals surface area contributed by atoms with Crippen LogP contribution in [0.15, 0.2) is 23.1 Å². The largest absolute Gasteiger partial charge is 0.493 e. The van der Waals surface area contributed by atoms with Crippen molar-refractivity contribution in [3.8, 4) is 11.5 Å². The number of thiocarbonyl (C=S) groups is 1. The van der Waals surface area contributed by atoms with Gasteiger partial charge in [0.05, 0.1) is 31.3 Å². The summed E-state index contributed by atoms with van der Waals surface area (Å²) in [5.41, 5.74) is 0.882. The third-order valence-corrected chi connectivity index (χ3v) is 5.90. The van der Waals surface area contributed by atoms with Crippen LogP contribution in [0.4, 0.5) is 0 Å². The molecule has 2 heterocycles. The van der Waals surface area contributed by atoms with Crippen molar-refractivity contribution in [3.05, 3.63) is 28.7 Å². The molecule has 3 rings (SSSR count). The highest BCUT2D eigenvalue weighted by Crippen LogP contribution is 2.35. The topological polar surface area (TPSA) is 48.0 Å². The first-order valence-electron chi connectivity index (χ1n) is 9.30. The van der Waals surface area contributed by atoms with E-state index in [4.69, 9.17) is 26.4 Å². The van der Waals surface area contributed by atoms with E-state index >= 15 is 0 Å². The molecule has 0 radical (unpaired) electrons. The average molecular weight is 408 g/mol. The lowest BCUT2D eigenvalue weighted by Gasteiger charge is -2.18. The summed E-state index contributed by atoms with van der Waals surface area (Å²) in [4.78, 5) is 15.0. The molecule has 5 nitrogen and oxygen atoms in total. The number of unbranched alkanes of at least 4 members (excludes halogenated alkanes) is 1. The number of ether oxygens (including phenoxy) is 3. The van der Waals surface area contributed by atoms with Crippen LogP contribution in [0.3, 0.4) is 0 Å². The normalized spacial score (nSPS) is 21.3. The summed E-state index contributed by atoms with van der Waals surface area (Å²) in [5.74, 6) is 1.33. The predicted octanol–water partition coefficient (Wildman–Crippen LogP) is 4.25. The zero-order valence-corrected chi connectivity index (χ0v) is 17.4. The van der Waals surface area contributed by atoms with E-state index in [-0.39, 0.29) is 12.0 Å². The Balaban J connectivity index is 1.71. The maximum Gasteiger partial charge on any atom is 0.266 e. The minimum atomic E-state index is -0.0530. The van der Waals surface area contributed by atoms with Gasteiger partial charge in [-0.1, -0.05) is 43.4 Å². The highest BCUT2D eigenvalue weighted by molar-refractivity contribution is 8.26. The smallest absolute Gasteiger partial charge is 0.266 e. The molecule has 1 atom stereocenters. The molecule has 27 heavy (non-hydrogen) atoms. The Hall–Kier alpha value is -1.57. The summed E-state index contributed by atoms with van der Waals surface area (Å²) >= 11 is 6.74. The van der Waals surface area contributed by atoms with Gasteiger partial charge < -0.3 is 14.2 Å². The zero-order chi connectivity index (χ0) is 19.2. The molecule has 7 heteroatoms. The van der Waals surface area contributed by atoms with Crippen molar-refractivity contribution in [2.45, 2.75) is 38.7 Å². The summed E-state index contributed by atoms with van der Waals surface area (Å²) in [5, 5.41) is 0. The number of hydrogen-bond donors (Lipinski definition) is 0. The third kappa shape index (κ3) is 5.03. The fourth-order valence-electron chi connectivity index (χ4n) is 3.02. The molecule has 146 valence electrons. The predicted molar refractivity (Wildman–Crippen MR) is 112 cm³/mol. The number of carbonyl (C=O) groups is 1. The van der Waals surface area contributed by atoms with Crippen LogP contribution in [0.5, 0.6) is 11.5 Å². The van der Waals surface area contributed by atoms with Gasteiger partial charge in [-0.2, -0.15) is 0 Å². The minimum absolute atomic E-state index is 0.0530. The quantitative estimate of drug-likeness (QED) is 0.365. The van der Waals surface area contributed by atoms with Gasteiger partial charge in [-0.25, -0.2) is 0 Å². The third-order valence-electron chi connectivity index (χ3n) is 4.52. The Labute approximate surface area is 170 Å². The molecule has 0 bridgehead atoms. The molecule has 0 unspecified atom stereocenters. The molecule has 2 saturated heterocycles. The van der Waals surface area contributed by atoms with Gasteiger partial charge in [0.1, 0.15) is 4.32 Å². The van der Waals surface area contributed by atoms with Crippen LogP contribution in [-0.2, 0) is 9.53 Å². The lowest BCUT2D eigenvalue weighted by atomic mass is 10.1. The number of rotatable bonds is 8. The standard InChI is InChI=1S/C20H25NO4S2/c1-3-4-9-25-16-8-7-14(11-17(16)23-2)12-18-19(22)21(20(26)27-18)13-15-6-5-10-24-15/h7-8,11-12,15H,3-6,9-10,13H2,1-2H3/b18-12+/t15-/m1/s1. The van der Waals surface area contributed by atoms with Gasteiger partial charge in [0.2, 0.25) is 0 Å². The number of benzene rings is 1. The van der Waals surface area contributed by atoms with E-state index in [9.17, 15) is 4.79 Å². The van der Waals surface area contributed by atoms with Crippen LogP contribution in [0.2, 0.25) is 0 Å². The molecule has 2 fully saturated rings. The maximum absolute atomic E-state index is 12.7. The molecular weight excluding hydrogens is 382 g/mol. The average Bonchev–Trinajstić information content (AvgIpc) is 3.27. The van der Waals surface area contributed by atoms with Crippen LogP contribution in [0, 0.1) is 0 Å². The molecule has 1 aromatic carbocycles. The van der Waals surface area contributed by atoms with Crippen molar-refractivity contribution >= 4 is 40.3 Å². The van der Waals surface area contributed by atoms with E-state index in [2.05, 4.69) is 6.92 Å². The lowest BCUT2D eigenvalue weighted by molar-refractivity contribution is -0.123. The van der Waals surface area contributed by atoms with Crippen molar-refractivity contribution in [3.63, 3.8) is 0 Å². The van der Waals surface area contributed by atoms with E-state index in [1.165, 1.54) is 11.8 Å². The first-order chi connectivity index (χ1) is 13.1. The maximum atomic E-state index is 12.7. The Morgan fingerprint density at radius 2 is 2.26 bits per heavy atom. The van der Waals surface area contributed by atoms with Crippen LogP contribution in [0.25, 0.3) is 6.08 Å². The van der Waals surface area contributed by atoms with Gasteiger partial charge in [0.25, 0.3) is 5.91 Å². The highest BCUT2D eigenvalue weighted by Gasteiger charge is 2.34. The summed E-state index contributed by atoms with van der Waals surface area (Å²) in [6, 6.07) is 5.69. The number of amides is 1. The van der Waals surface area contributed by atoms with E-state index in [1.807, 2.05) is 24.3 Å². The molecule has 0 spiro atoms. The second-order valence-corrected chi connectivity index (χ2v) is 8.22. The van der Waals surface area contributed by atoms with Gasteiger partial charge in [0, 0.05) is 6.61 Å². The fraction of sp³-hybridized carbons (Fsp3) is 0.500. The first-order valence-corrected chi connectivity index (χ1v) is 10.5. The Morgan fingerprint density at radius 3 is 2.96 bits per heavy atom. The highest BCUT2D eigenvalue weighted by atomic mass is 32.2. The van der Waals surface area contributed by atoms with Crippen molar-refractivity contribution in [2.24, 2.45) is 0 Å². The molecule has 2 aliphatic heterocycles. The molecule has 0 aliphatic carbocycles. The van der Waals surface area contributed by atoms with Gasteiger partial charge in [-0.05, 0) is 43.0 Å². The summed E-state index contributed by atoms with van der Waals surface area (Å²) in [6.07, 6.45) is 6.04. The zero-order valence-electron chi connectivity index (χ0n) is 15.7. The molecule has 1 aromatic rings. The van der Waals surface area contributed by atoms with Crippen molar-refractivity contribution in [2.75, 3.05) is 26.9 Å². The number of thioether (sulfide) groups is 1. The summed E-state index contributed by atoms with van der Waals surface area (Å²) in [7, 11) is 1.62. The van der Waals surface area contributed by atoms with E-state index in [1.54, 1.807) is 12.0 Å². The molecular formula is C20H25NO4S2. The van der Waals surface area contributed by atoms with Gasteiger partial charge in [0.15, 0.2) is 11.5 Å². The molecule has 0 saturated carbocycles. The Bertz CT molecular complexity index is 729. The van der Waals surface area contributed by atoms with E-state index < -0.39 is 0 Å². The summed E-state index contributed by atoms with van der Waals surface area (Å²) < 4.78 is 17.4. The van der Waals surface area contributed by atoms with Crippen molar-refractivity contribution in [1.82, 2.24) is 4.90 Å². The number of carbonyl (C=O) groups excluding carboxylic acids is 1. The van der Waals surface area contributed by atoms with Gasteiger partial charge in [-0.3, -0.25) is 9.69 Å². The van der Waals surface area contributed by atoms with Crippen molar-refractivity contribution in [1.29, 1.82) is 0 Å². The second kappa shape index (κ2) is 9.57. The molecule has 1 amide bonds. The molecule has 2 aliphatic rings. The number of hydrogen-bond acceptors (Lipinski definition) is 6. The van der Waals surface area contributed by atoms with Crippen LogP contribution >= 0.6 is 24.0 Å². The lowest BCUT2D eigenvalue weighted by Crippen LogP contribution is -2.35. The second-order valence-electron chi connectivity index (χ2n) is 6.54. The van der Waals surface area contributed by atoms with Gasteiger partial charge in [-0.15, -0.1) is 0 Å². The first kappa shape index (κ1) is 20.2. The summed E-state index contributed by atoms with van der Waals surface area (Å²) in [6.45, 7) is 4.09. The SMILES string of the molecule is CCCCOc1ccc(/C=C2/SC(=S)N(C[C@H]3CCCO3)C2=O)cc1OC. The Kier molecular flexibility index (Phi) is 7.15. The van der Waals surface area contributed by atoms with Crippen molar-refractivity contribution < 1.29 is 19.0 Å².